The number of phenols is 1. The van der Waals surface area contributed by atoms with Crippen molar-refractivity contribution < 1.29 is 19.4 Å². The van der Waals surface area contributed by atoms with Crippen molar-refractivity contribution in [3.63, 3.8) is 0 Å². The first kappa shape index (κ1) is 15.3. The molecule has 0 aliphatic rings. The van der Waals surface area contributed by atoms with E-state index < -0.39 is 17.6 Å². The Bertz CT molecular complexity index is 451. The van der Waals surface area contributed by atoms with E-state index in [1.54, 1.807) is 39.0 Å². The number of benzene rings is 1. The number of nitrogens with two attached hydrogens (primary N) is 1. The molecule has 0 aliphatic heterocycles. The molecular weight excluding hydrogens is 246 g/mol. The largest absolute Gasteiger partial charge is 0.504 e. The number of phenolic OH excluding ortho intramolecular Hbond substituents is 1. The maximum absolute atomic E-state index is 11.8. The lowest BCUT2D eigenvalue weighted by molar-refractivity contribution is -0.156. The molecule has 3 N–H and O–H groups in total. The van der Waals surface area contributed by atoms with Crippen molar-refractivity contribution >= 4 is 5.97 Å². The summed E-state index contributed by atoms with van der Waals surface area (Å²) in [6.07, 6.45) is 0.192. The molecule has 1 unspecified atom stereocenters. The van der Waals surface area contributed by atoms with Gasteiger partial charge in [-0.1, -0.05) is 12.1 Å². The molecule has 0 spiro atoms. The van der Waals surface area contributed by atoms with E-state index in [1.807, 2.05) is 0 Å². The molecule has 1 aromatic carbocycles. The van der Waals surface area contributed by atoms with Gasteiger partial charge in [0.05, 0.1) is 7.11 Å². The van der Waals surface area contributed by atoms with Gasteiger partial charge in [-0.25, -0.2) is 0 Å². The van der Waals surface area contributed by atoms with Crippen molar-refractivity contribution in [2.75, 3.05) is 7.11 Å². The van der Waals surface area contributed by atoms with E-state index in [1.165, 1.54) is 7.11 Å². The number of hydrogen-bond donors (Lipinski definition) is 2. The third-order valence-electron chi connectivity index (χ3n) is 2.45. The van der Waals surface area contributed by atoms with Gasteiger partial charge in [-0.2, -0.15) is 0 Å². The van der Waals surface area contributed by atoms with Crippen LogP contribution in [0.5, 0.6) is 11.5 Å². The van der Waals surface area contributed by atoms with Crippen LogP contribution < -0.4 is 10.5 Å². The zero-order valence-corrected chi connectivity index (χ0v) is 11.8. The second kappa shape index (κ2) is 5.93. The van der Waals surface area contributed by atoms with E-state index in [2.05, 4.69) is 0 Å². The van der Waals surface area contributed by atoms with Gasteiger partial charge in [-0.05, 0) is 32.4 Å². The molecule has 5 nitrogen and oxygen atoms in total. The molecule has 0 heterocycles. The summed E-state index contributed by atoms with van der Waals surface area (Å²) in [5, 5.41) is 9.92. The van der Waals surface area contributed by atoms with Crippen LogP contribution in [0.1, 0.15) is 26.3 Å². The smallest absolute Gasteiger partial charge is 0.323 e. The van der Waals surface area contributed by atoms with Gasteiger partial charge in [-0.15, -0.1) is 0 Å². The third kappa shape index (κ3) is 4.44. The zero-order valence-electron chi connectivity index (χ0n) is 11.8. The maximum atomic E-state index is 11.8. The summed E-state index contributed by atoms with van der Waals surface area (Å²) >= 11 is 0. The van der Waals surface area contributed by atoms with Gasteiger partial charge in [0.15, 0.2) is 11.5 Å². The Hall–Kier alpha value is -1.75. The molecule has 0 aliphatic carbocycles. The molecule has 0 saturated carbocycles. The van der Waals surface area contributed by atoms with Crippen molar-refractivity contribution in [3.8, 4) is 11.5 Å². The molecule has 0 bridgehead atoms. The SMILES string of the molecule is COc1cccc(CC(N)C(=O)OC(C)(C)C)c1O. The second-order valence-corrected chi connectivity index (χ2v) is 5.31. The van der Waals surface area contributed by atoms with Gasteiger partial charge < -0.3 is 20.3 Å². The molecule has 0 aromatic heterocycles. The van der Waals surface area contributed by atoms with Crippen molar-refractivity contribution in [2.24, 2.45) is 5.73 Å². The highest BCUT2D eigenvalue weighted by Gasteiger charge is 2.23. The Morgan fingerprint density at radius 3 is 2.58 bits per heavy atom. The lowest BCUT2D eigenvalue weighted by atomic mass is 10.0. The number of carbonyl (C=O) groups is 1. The van der Waals surface area contributed by atoms with E-state index in [4.69, 9.17) is 15.2 Å². The molecule has 1 rings (SSSR count). The van der Waals surface area contributed by atoms with Crippen molar-refractivity contribution in [1.29, 1.82) is 0 Å². The van der Waals surface area contributed by atoms with Crippen LogP contribution in [0.3, 0.4) is 0 Å². The molecule has 1 aromatic rings. The van der Waals surface area contributed by atoms with Gasteiger partial charge in [0.25, 0.3) is 0 Å². The summed E-state index contributed by atoms with van der Waals surface area (Å²) in [7, 11) is 1.46. The molecule has 5 heteroatoms. The van der Waals surface area contributed by atoms with Crippen LogP contribution in [-0.2, 0) is 16.0 Å². The first-order valence-corrected chi connectivity index (χ1v) is 6.08. The fourth-order valence-corrected chi connectivity index (χ4v) is 1.59. The molecule has 106 valence electrons. The van der Waals surface area contributed by atoms with Gasteiger partial charge in [0.2, 0.25) is 0 Å². The second-order valence-electron chi connectivity index (χ2n) is 5.31. The molecule has 0 saturated heterocycles. The quantitative estimate of drug-likeness (QED) is 0.810. The summed E-state index contributed by atoms with van der Waals surface area (Å²) in [4.78, 5) is 11.8. The number of rotatable bonds is 4. The van der Waals surface area contributed by atoms with Crippen molar-refractivity contribution in [1.82, 2.24) is 0 Å². The van der Waals surface area contributed by atoms with E-state index in [-0.39, 0.29) is 12.2 Å². The van der Waals surface area contributed by atoms with Crippen molar-refractivity contribution in [2.45, 2.75) is 38.8 Å². The molecule has 19 heavy (non-hydrogen) atoms. The lowest BCUT2D eigenvalue weighted by Gasteiger charge is -2.22. The predicted octanol–water partition coefficient (Wildman–Crippen LogP) is 1.61. The average molecular weight is 267 g/mol. The molecular formula is C14H21NO4. The molecule has 0 fully saturated rings. The highest BCUT2D eigenvalue weighted by Crippen LogP contribution is 2.30. The summed E-state index contributed by atoms with van der Waals surface area (Å²) < 4.78 is 10.2. The Morgan fingerprint density at radius 2 is 2.05 bits per heavy atom. The Balaban J connectivity index is 2.77. The van der Waals surface area contributed by atoms with Crippen LogP contribution in [0.2, 0.25) is 0 Å². The topological polar surface area (TPSA) is 81.8 Å². The summed E-state index contributed by atoms with van der Waals surface area (Å²) in [5.74, 6) is -0.132. The van der Waals surface area contributed by atoms with Crippen LogP contribution in [0.15, 0.2) is 18.2 Å². The fourth-order valence-electron chi connectivity index (χ4n) is 1.59. The first-order valence-electron chi connectivity index (χ1n) is 6.08. The number of ether oxygens (including phenoxy) is 2. The minimum Gasteiger partial charge on any atom is -0.504 e. The predicted molar refractivity (Wildman–Crippen MR) is 72.2 cm³/mol. The number of methoxy groups -OCH3 is 1. The van der Waals surface area contributed by atoms with E-state index >= 15 is 0 Å². The highest BCUT2D eigenvalue weighted by molar-refractivity contribution is 5.76. The molecule has 1 atom stereocenters. The average Bonchev–Trinajstić information content (AvgIpc) is 2.29. The van der Waals surface area contributed by atoms with E-state index in [0.717, 1.165) is 0 Å². The normalized spacial score (nSPS) is 12.9. The number of esters is 1. The number of carbonyl (C=O) groups excluding carboxylic acids is 1. The third-order valence-corrected chi connectivity index (χ3v) is 2.45. The summed E-state index contributed by atoms with van der Waals surface area (Å²) in [6, 6.07) is 4.24. The fraction of sp³-hybridized carbons (Fsp3) is 0.500. The van der Waals surface area contributed by atoms with E-state index in [9.17, 15) is 9.90 Å². The number of para-hydroxylation sites is 1. The van der Waals surface area contributed by atoms with Crippen LogP contribution in [0.4, 0.5) is 0 Å². The van der Waals surface area contributed by atoms with Crippen LogP contribution >= 0.6 is 0 Å². The zero-order chi connectivity index (χ0) is 14.6. The minimum atomic E-state index is -0.822. The van der Waals surface area contributed by atoms with Gasteiger partial charge in [0.1, 0.15) is 11.6 Å². The Morgan fingerprint density at radius 1 is 1.42 bits per heavy atom. The van der Waals surface area contributed by atoms with Crippen LogP contribution in [-0.4, -0.2) is 29.8 Å². The van der Waals surface area contributed by atoms with E-state index in [0.29, 0.717) is 11.3 Å². The first-order chi connectivity index (χ1) is 8.74. The molecule has 0 amide bonds. The van der Waals surface area contributed by atoms with Crippen LogP contribution in [0, 0.1) is 0 Å². The van der Waals surface area contributed by atoms with Crippen molar-refractivity contribution in [3.05, 3.63) is 23.8 Å². The van der Waals surface area contributed by atoms with Gasteiger partial charge >= 0.3 is 5.97 Å². The lowest BCUT2D eigenvalue weighted by Crippen LogP contribution is -2.38. The maximum Gasteiger partial charge on any atom is 0.323 e. The highest BCUT2D eigenvalue weighted by atomic mass is 16.6. The standard InChI is InChI=1S/C14H21NO4/c1-14(2,3)19-13(17)10(15)8-9-6-5-7-11(18-4)12(9)16/h5-7,10,16H,8,15H2,1-4H3. The number of aromatic hydroxyl groups is 1. The minimum absolute atomic E-state index is 0.00371. The Kier molecular flexibility index (Phi) is 4.78. The summed E-state index contributed by atoms with van der Waals surface area (Å²) in [6.45, 7) is 5.34. The number of hydrogen-bond acceptors (Lipinski definition) is 5. The monoisotopic (exact) mass is 267 g/mol. The Labute approximate surface area is 113 Å². The van der Waals surface area contributed by atoms with Gasteiger partial charge in [0, 0.05) is 6.42 Å². The van der Waals surface area contributed by atoms with Gasteiger partial charge in [-0.3, -0.25) is 4.79 Å². The summed E-state index contributed by atoms with van der Waals surface area (Å²) in [5.41, 5.74) is 5.77. The molecule has 0 radical (unpaired) electrons. The van der Waals surface area contributed by atoms with Crippen LogP contribution in [0.25, 0.3) is 0 Å².